The molecule has 1 heterocycles. The minimum absolute atomic E-state index is 0.314. The van der Waals surface area contributed by atoms with E-state index in [-0.39, 0.29) is 5.70 Å². The molecule has 0 aromatic rings. The highest BCUT2D eigenvalue weighted by Gasteiger charge is 2.35. The number of alkyl halides is 3. The third-order valence-electron chi connectivity index (χ3n) is 1.30. The number of hydrogen-bond donors (Lipinski definition) is 0. The Labute approximate surface area is 66.8 Å². The van der Waals surface area contributed by atoms with Gasteiger partial charge < -0.3 is 0 Å². The molecular formula is C7H4F3NO. The highest BCUT2D eigenvalue weighted by atomic mass is 19.4. The smallest absolute Gasteiger partial charge is 0.267 e. The second-order valence-electron chi connectivity index (χ2n) is 2.20. The molecule has 0 saturated carbocycles. The number of carbonyl (C=O) groups excluding carboxylic acids is 1. The Morgan fingerprint density at radius 2 is 2.08 bits per heavy atom. The van der Waals surface area contributed by atoms with E-state index in [1.54, 1.807) is 0 Å². The summed E-state index contributed by atoms with van der Waals surface area (Å²) in [5.74, 6) is -0.777. The SMILES string of the molecule is CC1=C(C(F)(F)F)C=[C]C(=O)[N]1. The maximum atomic E-state index is 12.0. The summed E-state index contributed by atoms with van der Waals surface area (Å²) in [6.45, 7) is 1.14. The van der Waals surface area contributed by atoms with Crippen LogP contribution < -0.4 is 5.32 Å². The summed E-state index contributed by atoms with van der Waals surface area (Å²) in [6.07, 6.45) is -1.98. The van der Waals surface area contributed by atoms with Crippen LogP contribution in [-0.2, 0) is 4.79 Å². The van der Waals surface area contributed by atoms with Crippen molar-refractivity contribution in [2.75, 3.05) is 0 Å². The van der Waals surface area contributed by atoms with E-state index in [1.165, 1.54) is 0 Å². The lowest BCUT2D eigenvalue weighted by atomic mass is 10.1. The van der Waals surface area contributed by atoms with E-state index >= 15 is 0 Å². The van der Waals surface area contributed by atoms with Crippen LogP contribution >= 0.6 is 0 Å². The van der Waals surface area contributed by atoms with Gasteiger partial charge in [-0.15, -0.1) is 0 Å². The predicted octanol–water partition coefficient (Wildman–Crippen LogP) is 1.33. The Bertz CT molecular complexity index is 275. The molecule has 0 N–H and O–H groups in total. The van der Waals surface area contributed by atoms with Gasteiger partial charge in [0.05, 0.1) is 17.3 Å². The topological polar surface area (TPSA) is 31.2 Å². The van der Waals surface area contributed by atoms with Gasteiger partial charge in [0.15, 0.2) is 0 Å². The summed E-state index contributed by atoms with van der Waals surface area (Å²) >= 11 is 0. The van der Waals surface area contributed by atoms with Crippen molar-refractivity contribution in [3.8, 4) is 0 Å². The van der Waals surface area contributed by atoms with Gasteiger partial charge in [0.25, 0.3) is 5.91 Å². The zero-order chi connectivity index (χ0) is 9.35. The van der Waals surface area contributed by atoms with Crippen LogP contribution in [0.25, 0.3) is 0 Å². The fraction of sp³-hybridized carbons (Fsp3) is 0.286. The zero-order valence-corrected chi connectivity index (χ0v) is 6.07. The van der Waals surface area contributed by atoms with Gasteiger partial charge >= 0.3 is 6.18 Å². The summed E-state index contributed by atoms with van der Waals surface area (Å²) in [6, 6.07) is 0. The number of rotatable bonds is 0. The average molecular weight is 175 g/mol. The quantitative estimate of drug-likeness (QED) is 0.546. The van der Waals surface area contributed by atoms with Crippen LogP contribution in [0.5, 0.6) is 0 Å². The van der Waals surface area contributed by atoms with Crippen LogP contribution in [-0.4, -0.2) is 12.1 Å². The lowest BCUT2D eigenvalue weighted by Gasteiger charge is -2.13. The van der Waals surface area contributed by atoms with Gasteiger partial charge in [-0.25, -0.2) is 5.32 Å². The lowest BCUT2D eigenvalue weighted by Crippen LogP contribution is -2.23. The molecule has 0 unspecified atom stereocenters. The summed E-state index contributed by atoms with van der Waals surface area (Å²) in [5.41, 5.74) is -1.23. The van der Waals surface area contributed by atoms with Gasteiger partial charge in [-0.3, -0.25) is 4.79 Å². The molecule has 0 aromatic carbocycles. The monoisotopic (exact) mass is 175 g/mol. The van der Waals surface area contributed by atoms with E-state index < -0.39 is 17.7 Å². The van der Waals surface area contributed by atoms with E-state index in [0.717, 1.165) is 6.92 Å². The fourth-order valence-corrected chi connectivity index (χ4v) is 0.770. The summed E-state index contributed by atoms with van der Waals surface area (Å²) in [7, 11) is 0. The van der Waals surface area contributed by atoms with Crippen molar-refractivity contribution >= 4 is 5.91 Å². The molecule has 2 radical (unpaired) electrons. The third-order valence-corrected chi connectivity index (χ3v) is 1.30. The molecule has 0 bridgehead atoms. The van der Waals surface area contributed by atoms with Crippen LogP contribution in [0.2, 0.25) is 0 Å². The maximum Gasteiger partial charge on any atom is 0.418 e. The van der Waals surface area contributed by atoms with E-state index in [2.05, 4.69) is 5.32 Å². The standard InChI is InChI=1S/C7H4F3NO/c1-4-5(7(8,9)10)2-3-6(12)11-4/h2H,1H3. The van der Waals surface area contributed by atoms with Crippen LogP contribution in [0, 0.1) is 6.08 Å². The molecule has 1 aliphatic rings. The van der Waals surface area contributed by atoms with Crippen molar-refractivity contribution in [2.24, 2.45) is 0 Å². The molecule has 0 aromatic heterocycles. The third kappa shape index (κ3) is 1.66. The molecular weight excluding hydrogens is 171 g/mol. The van der Waals surface area contributed by atoms with Gasteiger partial charge in [0.2, 0.25) is 0 Å². The number of amides is 1. The molecule has 12 heavy (non-hydrogen) atoms. The zero-order valence-electron chi connectivity index (χ0n) is 6.07. The van der Waals surface area contributed by atoms with E-state index in [9.17, 15) is 18.0 Å². The first-order valence-electron chi connectivity index (χ1n) is 3.05. The van der Waals surface area contributed by atoms with Crippen LogP contribution in [0.3, 0.4) is 0 Å². The molecule has 64 valence electrons. The van der Waals surface area contributed by atoms with Crippen molar-refractivity contribution in [1.82, 2.24) is 5.32 Å². The Morgan fingerprint density at radius 1 is 1.50 bits per heavy atom. The Morgan fingerprint density at radius 3 is 2.50 bits per heavy atom. The van der Waals surface area contributed by atoms with Gasteiger partial charge in [0, 0.05) is 0 Å². The minimum atomic E-state index is -4.46. The van der Waals surface area contributed by atoms with Crippen molar-refractivity contribution in [2.45, 2.75) is 13.1 Å². The van der Waals surface area contributed by atoms with Gasteiger partial charge in [-0.1, -0.05) is 0 Å². The highest BCUT2D eigenvalue weighted by molar-refractivity contribution is 5.86. The number of carbonyl (C=O) groups is 1. The Kier molecular flexibility index (Phi) is 1.95. The van der Waals surface area contributed by atoms with E-state index in [4.69, 9.17) is 0 Å². The highest BCUT2D eigenvalue weighted by Crippen LogP contribution is 2.29. The minimum Gasteiger partial charge on any atom is -0.267 e. The summed E-state index contributed by atoms with van der Waals surface area (Å²) < 4.78 is 36.1. The largest absolute Gasteiger partial charge is 0.418 e. The molecule has 1 amide bonds. The van der Waals surface area contributed by atoms with E-state index in [1.807, 2.05) is 6.08 Å². The first-order valence-corrected chi connectivity index (χ1v) is 3.05. The van der Waals surface area contributed by atoms with Crippen molar-refractivity contribution in [3.05, 3.63) is 23.4 Å². The normalized spacial score (nSPS) is 18.2. The van der Waals surface area contributed by atoms with E-state index in [0.29, 0.717) is 6.08 Å². The molecule has 0 spiro atoms. The van der Waals surface area contributed by atoms with Crippen molar-refractivity contribution in [3.63, 3.8) is 0 Å². The van der Waals surface area contributed by atoms with Crippen molar-refractivity contribution < 1.29 is 18.0 Å². The number of allylic oxidation sites excluding steroid dienone is 3. The maximum absolute atomic E-state index is 12.0. The molecule has 0 atom stereocenters. The summed E-state index contributed by atoms with van der Waals surface area (Å²) in [4.78, 5) is 10.4. The fourth-order valence-electron chi connectivity index (χ4n) is 0.770. The lowest BCUT2D eigenvalue weighted by molar-refractivity contribution is -0.117. The second-order valence-corrected chi connectivity index (χ2v) is 2.20. The number of hydrogen-bond acceptors (Lipinski definition) is 1. The van der Waals surface area contributed by atoms with Crippen molar-refractivity contribution in [1.29, 1.82) is 0 Å². The van der Waals surface area contributed by atoms with Crippen LogP contribution in [0.1, 0.15) is 6.92 Å². The molecule has 2 nitrogen and oxygen atoms in total. The van der Waals surface area contributed by atoms with Crippen LogP contribution in [0.15, 0.2) is 17.3 Å². The van der Waals surface area contributed by atoms with Gasteiger partial charge in [-0.2, -0.15) is 13.2 Å². The Balaban J connectivity index is 3.00. The predicted molar refractivity (Wildman–Crippen MR) is 33.7 cm³/mol. The molecule has 1 aliphatic heterocycles. The number of nitrogens with zero attached hydrogens (tertiary/aromatic N) is 1. The second kappa shape index (κ2) is 2.66. The average Bonchev–Trinajstić information content (AvgIpc) is 1.83. The molecule has 0 aliphatic carbocycles. The first kappa shape index (κ1) is 8.83. The molecule has 1 rings (SSSR count). The molecule has 0 fully saturated rings. The first-order chi connectivity index (χ1) is 5.41. The summed E-state index contributed by atoms with van der Waals surface area (Å²) in [5, 5.41) is 3.11. The van der Waals surface area contributed by atoms with Gasteiger partial charge in [0.1, 0.15) is 0 Å². The molecule has 0 saturated heterocycles. The van der Waals surface area contributed by atoms with Crippen LogP contribution in [0.4, 0.5) is 13.2 Å². The number of halogens is 3. The Hall–Kier alpha value is -1.26. The molecule has 5 heteroatoms. The van der Waals surface area contributed by atoms with Gasteiger partial charge in [-0.05, 0) is 13.0 Å².